The van der Waals surface area contributed by atoms with Crippen LogP contribution in [0.5, 0.6) is 5.75 Å². The van der Waals surface area contributed by atoms with Crippen LogP contribution < -0.4 is 4.74 Å². The average Bonchev–Trinajstić information content (AvgIpc) is 3.51. The molecule has 5 rings (SSSR count). The van der Waals surface area contributed by atoms with E-state index in [2.05, 4.69) is 39.5 Å². The van der Waals surface area contributed by atoms with Crippen LogP contribution in [-0.2, 0) is 5.75 Å². The summed E-state index contributed by atoms with van der Waals surface area (Å²) in [6.45, 7) is 2.06. The SMILES string of the molecule is COc1ccc(-n2c(SCc3nnc(-c4ccc(Cl)cc4)o3)nnc2-c2cccc(C)c2)cc1. The highest BCUT2D eigenvalue weighted by Crippen LogP contribution is 2.31. The molecule has 0 radical (unpaired) electrons. The smallest absolute Gasteiger partial charge is 0.247 e. The fraction of sp³-hybridized carbons (Fsp3) is 0.120. The van der Waals surface area contributed by atoms with Gasteiger partial charge < -0.3 is 9.15 Å². The molecule has 0 saturated carbocycles. The number of methoxy groups -OCH3 is 1. The van der Waals surface area contributed by atoms with E-state index in [1.165, 1.54) is 11.8 Å². The van der Waals surface area contributed by atoms with E-state index in [0.29, 0.717) is 27.7 Å². The van der Waals surface area contributed by atoms with Crippen LogP contribution in [0.25, 0.3) is 28.5 Å². The van der Waals surface area contributed by atoms with Crippen molar-refractivity contribution in [2.24, 2.45) is 0 Å². The zero-order chi connectivity index (χ0) is 23.5. The molecule has 170 valence electrons. The molecule has 0 aliphatic heterocycles. The van der Waals surface area contributed by atoms with E-state index in [4.69, 9.17) is 20.8 Å². The van der Waals surface area contributed by atoms with Crippen LogP contribution in [0.3, 0.4) is 0 Å². The fourth-order valence-electron chi connectivity index (χ4n) is 3.45. The lowest BCUT2D eigenvalue weighted by Gasteiger charge is -2.11. The van der Waals surface area contributed by atoms with E-state index in [1.54, 1.807) is 19.2 Å². The van der Waals surface area contributed by atoms with Crippen molar-refractivity contribution < 1.29 is 9.15 Å². The minimum absolute atomic E-state index is 0.447. The first-order valence-electron chi connectivity index (χ1n) is 10.5. The van der Waals surface area contributed by atoms with Crippen LogP contribution in [0.15, 0.2) is 82.4 Å². The molecule has 0 fully saturated rings. The van der Waals surface area contributed by atoms with Crippen molar-refractivity contribution in [3.63, 3.8) is 0 Å². The van der Waals surface area contributed by atoms with Crippen molar-refractivity contribution in [3.05, 3.63) is 89.3 Å². The van der Waals surface area contributed by atoms with Crippen LogP contribution in [-0.4, -0.2) is 32.1 Å². The molecule has 0 amide bonds. The van der Waals surface area contributed by atoms with Gasteiger partial charge in [0, 0.05) is 21.8 Å². The lowest BCUT2D eigenvalue weighted by atomic mass is 10.1. The summed E-state index contributed by atoms with van der Waals surface area (Å²) in [5, 5.41) is 18.7. The highest BCUT2D eigenvalue weighted by Gasteiger charge is 2.18. The summed E-state index contributed by atoms with van der Waals surface area (Å²) >= 11 is 7.44. The van der Waals surface area contributed by atoms with Gasteiger partial charge in [0.05, 0.1) is 12.9 Å². The first-order valence-corrected chi connectivity index (χ1v) is 11.8. The quantitative estimate of drug-likeness (QED) is 0.250. The molecular formula is C25H20ClN5O2S. The Morgan fingerprint density at radius 1 is 0.912 bits per heavy atom. The average molecular weight is 490 g/mol. The monoisotopic (exact) mass is 489 g/mol. The number of hydrogen-bond acceptors (Lipinski definition) is 7. The van der Waals surface area contributed by atoms with E-state index in [1.807, 2.05) is 53.1 Å². The molecule has 9 heteroatoms. The number of aryl methyl sites for hydroxylation is 1. The first kappa shape index (κ1) is 22.2. The minimum Gasteiger partial charge on any atom is -0.497 e. The molecule has 2 aromatic heterocycles. The Morgan fingerprint density at radius 3 is 2.44 bits per heavy atom. The van der Waals surface area contributed by atoms with E-state index >= 15 is 0 Å². The van der Waals surface area contributed by atoms with Crippen molar-refractivity contribution in [2.75, 3.05) is 7.11 Å². The second-order valence-corrected chi connectivity index (χ2v) is 8.88. The first-order chi connectivity index (χ1) is 16.6. The number of hydrogen-bond donors (Lipinski definition) is 0. The molecule has 0 aliphatic rings. The Hall–Kier alpha value is -3.62. The summed E-state index contributed by atoms with van der Waals surface area (Å²) in [5.74, 6) is 2.93. The Bertz CT molecular complexity index is 1410. The molecule has 0 bridgehead atoms. The van der Waals surface area contributed by atoms with Crippen molar-refractivity contribution in [1.82, 2.24) is 25.0 Å². The van der Waals surface area contributed by atoms with E-state index in [-0.39, 0.29) is 0 Å². The van der Waals surface area contributed by atoms with Crippen LogP contribution in [0, 0.1) is 6.92 Å². The Kier molecular flexibility index (Phi) is 6.33. The second-order valence-electron chi connectivity index (χ2n) is 7.51. The maximum Gasteiger partial charge on any atom is 0.247 e. The molecule has 0 spiro atoms. The largest absolute Gasteiger partial charge is 0.497 e. The van der Waals surface area contributed by atoms with E-state index in [9.17, 15) is 0 Å². The number of aromatic nitrogens is 5. The van der Waals surface area contributed by atoms with Gasteiger partial charge >= 0.3 is 0 Å². The third-order valence-corrected chi connectivity index (χ3v) is 6.29. The zero-order valence-corrected chi connectivity index (χ0v) is 20.0. The number of nitrogens with zero attached hydrogens (tertiary/aromatic N) is 5. The Balaban J connectivity index is 1.45. The standard InChI is InChI=1S/C25H20ClN5O2S/c1-16-4-3-5-18(14-16)23-28-30-25(31(23)20-10-12-21(32-2)13-11-20)34-15-22-27-29-24(33-22)17-6-8-19(26)9-7-17/h3-14H,15H2,1-2H3. The van der Waals surface area contributed by atoms with Gasteiger partial charge in [0.25, 0.3) is 0 Å². The molecule has 0 aliphatic carbocycles. The fourth-order valence-corrected chi connectivity index (χ4v) is 4.36. The number of ether oxygens (including phenoxy) is 1. The maximum absolute atomic E-state index is 5.97. The number of rotatable bonds is 7. The summed E-state index contributed by atoms with van der Waals surface area (Å²) in [6, 6.07) is 23.3. The lowest BCUT2D eigenvalue weighted by molar-refractivity contribution is 0.414. The molecule has 0 saturated heterocycles. The molecule has 0 N–H and O–H groups in total. The number of thioether (sulfide) groups is 1. The van der Waals surface area contributed by atoms with Gasteiger partial charge in [-0.15, -0.1) is 20.4 Å². The van der Waals surface area contributed by atoms with Gasteiger partial charge in [0.2, 0.25) is 11.8 Å². The summed E-state index contributed by atoms with van der Waals surface area (Å²) < 4.78 is 13.2. The molecule has 0 atom stereocenters. The van der Waals surface area contributed by atoms with Crippen molar-refractivity contribution in [3.8, 4) is 34.3 Å². The van der Waals surface area contributed by atoms with Crippen molar-refractivity contribution in [1.29, 1.82) is 0 Å². The van der Waals surface area contributed by atoms with Crippen LogP contribution in [0.2, 0.25) is 5.02 Å². The molecule has 34 heavy (non-hydrogen) atoms. The van der Waals surface area contributed by atoms with Gasteiger partial charge in [-0.1, -0.05) is 47.1 Å². The van der Waals surface area contributed by atoms with Gasteiger partial charge in [-0.05, 0) is 61.5 Å². The minimum atomic E-state index is 0.447. The highest BCUT2D eigenvalue weighted by molar-refractivity contribution is 7.98. The molecule has 2 heterocycles. The number of halogens is 1. The molecule has 7 nitrogen and oxygen atoms in total. The highest BCUT2D eigenvalue weighted by atomic mass is 35.5. The van der Waals surface area contributed by atoms with Gasteiger partial charge in [0.15, 0.2) is 11.0 Å². The third kappa shape index (κ3) is 4.69. The summed E-state index contributed by atoms with van der Waals surface area (Å²) in [6.07, 6.45) is 0. The van der Waals surface area contributed by atoms with Gasteiger partial charge in [0.1, 0.15) is 5.75 Å². The summed E-state index contributed by atoms with van der Waals surface area (Å²) in [7, 11) is 1.65. The predicted octanol–water partition coefficient (Wildman–Crippen LogP) is 6.25. The van der Waals surface area contributed by atoms with Crippen LogP contribution in [0.1, 0.15) is 11.5 Å². The predicted molar refractivity (Wildman–Crippen MR) is 132 cm³/mol. The molecular weight excluding hydrogens is 470 g/mol. The van der Waals surface area contributed by atoms with Crippen molar-refractivity contribution in [2.45, 2.75) is 17.8 Å². The van der Waals surface area contributed by atoms with E-state index in [0.717, 1.165) is 34.0 Å². The van der Waals surface area contributed by atoms with Crippen molar-refractivity contribution >= 4 is 23.4 Å². The van der Waals surface area contributed by atoms with Gasteiger partial charge in [-0.25, -0.2) is 0 Å². The zero-order valence-electron chi connectivity index (χ0n) is 18.5. The molecule has 3 aromatic carbocycles. The maximum atomic E-state index is 5.97. The molecule has 0 unspecified atom stereocenters. The third-order valence-electron chi connectivity index (χ3n) is 5.12. The van der Waals surface area contributed by atoms with Crippen LogP contribution in [0.4, 0.5) is 0 Å². The van der Waals surface area contributed by atoms with E-state index < -0.39 is 0 Å². The Labute approximate surface area is 205 Å². The van der Waals surface area contributed by atoms with Gasteiger partial charge in [-0.2, -0.15) is 0 Å². The summed E-state index contributed by atoms with van der Waals surface area (Å²) in [4.78, 5) is 0. The topological polar surface area (TPSA) is 78.9 Å². The summed E-state index contributed by atoms with van der Waals surface area (Å²) in [5.41, 5.74) is 3.88. The lowest BCUT2D eigenvalue weighted by Crippen LogP contribution is -2.00. The van der Waals surface area contributed by atoms with Crippen LogP contribution >= 0.6 is 23.4 Å². The molecule has 5 aromatic rings. The number of benzene rings is 3. The normalized spacial score (nSPS) is 11.0. The Morgan fingerprint density at radius 2 is 1.71 bits per heavy atom. The van der Waals surface area contributed by atoms with Gasteiger partial charge in [-0.3, -0.25) is 4.57 Å². The second kappa shape index (κ2) is 9.70.